The molecule has 0 aliphatic heterocycles. The molecule has 0 amide bonds. The van der Waals surface area contributed by atoms with Crippen molar-refractivity contribution in [3.05, 3.63) is 12.7 Å². The summed E-state index contributed by atoms with van der Waals surface area (Å²) in [5.74, 6) is 2.16. The summed E-state index contributed by atoms with van der Waals surface area (Å²) >= 11 is 0. The molecular weight excluding hydrogens is 196 g/mol. The van der Waals surface area contributed by atoms with Gasteiger partial charge in [0, 0.05) is 5.41 Å². The van der Waals surface area contributed by atoms with E-state index in [0.717, 1.165) is 18.3 Å². The molecule has 2 bridgehead atoms. The lowest BCUT2D eigenvalue weighted by Gasteiger charge is -2.46. The zero-order valence-electron chi connectivity index (χ0n) is 10.8. The van der Waals surface area contributed by atoms with Crippen LogP contribution in [0.15, 0.2) is 12.7 Å². The van der Waals surface area contributed by atoms with Crippen LogP contribution in [0.25, 0.3) is 0 Å². The molecule has 2 fully saturated rings. The molecule has 0 aromatic heterocycles. The molecule has 2 unspecified atom stereocenters. The number of carbonyl (C=O) groups is 1. The predicted molar refractivity (Wildman–Crippen MR) is 67.1 cm³/mol. The first kappa shape index (κ1) is 11.9. The number of aldehydes is 1. The Bertz CT molecular complexity index is 305. The first-order valence-electron chi connectivity index (χ1n) is 6.53. The predicted octanol–water partition coefficient (Wildman–Crippen LogP) is 3.84. The van der Waals surface area contributed by atoms with Crippen LogP contribution in [0.2, 0.25) is 0 Å². The molecule has 0 spiro atoms. The summed E-state index contributed by atoms with van der Waals surface area (Å²) in [6, 6.07) is 0. The second kappa shape index (κ2) is 3.72. The number of fused-ring (bicyclic) bond motifs is 2. The van der Waals surface area contributed by atoms with Gasteiger partial charge < -0.3 is 4.79 Å². The van der Waals surface area contributed by atoms with E-state index in [0.29, 0.717) is 11.3 Å². The third kappa shape index (κ3) is 1.48. The van der Waals surface area contributed by atoms with Gasteiger partial charge in [-0.25, -0.2) is 0 Å². The van der Waals surface area contributed by atoms with Crippen LogP contribution in [0.5, 0.6) is 0 Å². The van der Waals surface area contributed by atoms with Gasteiger partial charge >= 0.3 is 0 Å². The number of hydrogen-bond donors (Lipinski definition) is 0. The van der Waals surface area contributed by atoms with Crippen molar-refractivity contribution in [2.45, 2.75) is 46.5 Å². The van der Waals surface area contributed by atoms with E-state index in [9.17, 15) is 4.79 Å². The van der Waals surface area contributed by atoms with Crippen molar-refractivity contribution in [3.63, 3.8) is 0 Å². The van der Waals surface area contributed by atoms with Gasteiger partial charge in [0.05, 0.1) is 0 Å². The largest absolute Gasteiger partial charge is 0.303 e. The minimum atomic E-state index is -0.189. The summed E-state index contributed by atoms with van der Waals surface area (Å²) in [6.45, 7) is 10.7. The van der Waals surface area contributed by atoms with E-state index in [1.807, 2.05) is 6.08 Å². The molecule has 1 nitrogen and oxygen atoms in total. The number of allylic oxidation sites excluding steroid dienone is 1. The maximum Gasteiger partial charge on any atom is 0.126 e. The number of carbonyl (C=O) groups excluding carboxylic acids is 1. The first-order chi connectivity index (χ1) is 7.45. The quantitative estimate of drug-likeness (QED) is 0.519. The highest BCUT2D eigenvalue weighted by Crippen LogP contribution is 2.64. The maximum atomic E-state index is 11.5. The van der Waals surface area contributed by atoms with Crippen molar-refractivity contribution >= 4 is 6.29 Å². The molecule has 2 rings (SSSR count). The Morgan fingerprint density at radius 1 is 1.44 bits per heavy atom. The summed E-state index contributed by atoms with van der Waals surface area (Å²) in [5.41, 5.74) is 0.146. The van der Waals surface area contributed by atoms with Crippen molar-refractivity contribution in [3.8, 4) is 0 Å². The highest BCUT2D eigenvalue weighted by molar-refractivity contribution is 5.60. The summed E-state index contributed by atoms with van der Waals surface area (Å²) in [4.78, 5) is 11.5. The second-order valence-electron chi connectivity index (χ2n) is 6.69. The molecule has 2 aliphatic carbocycles. The van der Waals surface area contributed by atoms with Gasteiger partial charge in [-0.05, 0) is 48.9 Å². The standard InChI is InChI=1S/C15H24O/c1-5-8-15(4,10-16)13-11-6-7-12(9-11)14(13,2)3/h5,10-13H,1,6-9H2,2-4H3/t11-,12+,13?,15?/m0/s1. The van der Waals surface area contributed by atoms with Crippen LogP contribution in [0.3, 0.4) is 0 Å². The lowest BCUT2D eigenvalue weighted by molar-refractivity contribution is -0.123. The molecule has 0 saturated heterocycles. The Morgan fingerprint density at radius 2 is 2.12 bits per heavy atom. The van der Waals surface area contributed by atoms with Crippen LogP contribution in [-0.2, 0) is 4.79 Å². The zero-order chi connectivity index (χ0) is 12.0. The molecule has 0 radical (unpaired) electrons. The van der Waals surface area contributed by atoms with Crippen LogP contribution in [0, 0.1) is 28.6 Å². The molecule has 1 heteroatoms. The molecule has 4 atom stereocenters. The SMILES string of the molecule is C=CCC(C)(C=O)C1[C@H]2CC[C@H](C2)C1(C)C. The third-order valence-corrected chi connectivity index (χ3v) is 5.36. The van der Waals surface area contributed by atoms with Crippen molar-refractivity contribution in [2.24, 2.45) is 28.6 Å². The van der Waals surface area contributed by atoms with Gasteiger partial charge in [0.15, 0.2) is 0 Å². The van der Waals surface area contributed by atoms with Crippen LogP contribution < -0.4 is 0 Å². The highest BCUT2D eigenvalue weighted by Gasteiger charge is 2.58. The zero-order valence-corrected chi connectivity index (χ0v) is 10.8. The van der Waals surface area contributed by atoms with Gasteiger partial charge in [-0.3, -0.25) is 0 Å². The summed E-state index contributed by atoms with van der Waals surface area (Å²) in [5, 5.41) is 0. The molecule has 2 saturated carbocycles. The van der Waals surface area contributed by atoms with Crippen LogP contribution in [0.1, 0.15) is 46.5 Å². The minimum absolute atomic E-state index is 0.189. The molecule has 90 valence electrons. The van der Waals surface area contributed by atoms with Gasteiger partial charge in [-0.1, -0.05) is 26.8 Å². The van der Waals surface area contributed by atoms with Gasteiger partial charge in [0.2, 0.25) is 0 Å². The Hall–Kier alpha value is -0.590. The van der Waals surface area contributed by atoms with Crippen molar-refractivity contribution in [2.75, 3.05) is 0 Å². The van der Waals surface area contributed by atoms with Crippen LogP contribution >= 0.6 is 0 Å². The minimum Gasteiger partial charge on any atom is -0.303 e. The molecular formula is C15H24O. The van der Waals surface area contributed by atoms with Gasteiger partial charge in [-0.15, -0.1) is 6.58 Å². The van der Waals surface area contributed by atoms with E-state index in [-0.39, 0.29) is 5.41 Å². The van der Waals surface area contributed by atoms with Crippen molar-refractivity contribution < 1.29 is 4.79 Å². The van der Waals surface area contributed by atoms with E-state index in [1.54, 1.807) is 0 Å². The molecule has 0 aromatic carbocycles. The fourth-order valence-corrected chi connectivity index (χ4v) is 4.80. The van der Waals surface area contributed by atoms with Gasteiger partial charge in [0.25, 0.3) is 0 Å². The Balaban J connectivity index is 2.32. The summed E-state index contributed by atoms with van der Waals surface area (Å²) in [7, 11) is 0. The highest BCUT2D eigenvalue weighted by atomic mass is 16.1. The van der Waals surface area contributed by atoms with Crippen LogP contribution in [0.4, 0.5) is 0 Å². The first-order valence-corrected chi connectivity index (χ1v) is 6.53. The van der Waals surface area contributed by atoms with E-state index in [1.165, 1.54) is 25.5 Å². The second-order valence-corrected chi connectivity index (χ2v) is 6.69. The Labute approximate surface area is 99.3 Å². The molecule has 16 heavy (non-hydrogen) atoms. The molecule has 0 N–H and O–H groups in total. The Morgan fingerprint density at radius 3 is 2.56 bits per heavy atom. The summed E-state index contributed by atoms with van der Waals surface area (Å²) in [6.07, 6.45) is 7.99. The average molecular weight is 220 g/mol. The van der Waals surface area contributed by atoms with E-state index < -0.39 is 0 Å². The fourth-order valence-electron chi connectivity index (χ4n) is 4.80. The van der Waals surface area contributed by atoms with Crippen LogP contribution in [-0.4, -0.2) is 6.29 Å². The third-order valence-electron chi connectivity index (χ3n) is 5.36. The number of hydrogen-bond acceptors (Lipinski definition) is 1. The molecule has 0 aromatic rings. The lowest BCUT2D eigenvalue weighted by atomic mass is 9.57. The smallest absolute Gasteiger partial charge is 0.126 e. The fraction of sp³-hybridized carbons (Fsp3) is 0.800. The summed E-state index contributed by atoms with van der Waals surface area (Å²) < 4.78 is 0. The Kier molecular flexibility index (Phi) is 2.76. The molecule has 2 aliphatic rings. The normalized spacial score (nSPS) is 39.3. The average Bonchev–Trinajstić information content (AvgIpc) is 2.75. The lowest BCUT2D eigenvalue weighted by Crippen LogP contribution is -2.42. The topological polar surface area (TPSA) is 17.1 Å². The van der Waals surface area contributed by atoms with E-state index >= 15 is 0 Å². The van der Waals surface area contributed by atoms with Crippen molar-refractivity contribution in [1.29, 1.82) is 0 Å². The monoisotopic (exact) mass is 220 g/mol. The molecule has 0 heterocycles. The van der Waals surface area contributed by atoms with E-state index in [4.69, 9.17) is 0 Å². The van der Waals surface area contributed by atoms with Crippen molar-refractivity contribution in [1.82, 2.24) is 0 Å². The van der Waals surface area contributed by atoms with E-state index in [2.05, 4.69) is 27.4 Å². The van der Waals surface area contributed by atoms with Gasteiger partial charge in [0.1, 0.15) is 6.29 Å². The number of rotatable bonds is 4. The van der Waals surface area contributed by atoms with Gasteiger partial charge in [-0.2, -0.15) is 0 Å². The maximum absolute atomic E-state index is 11.5.